The zero-order chi connectivity index (χ0) is 11.5. The summed E-state index contributed by atoms with van der Waals surface area (Å²) >= 11 is 0. The molecule has 15 heavy (non-hydrogen) atoms. The van der Waals surface area contributed by atoms with E-state index >= 15 is 0 Å². The third-order valence-electron chi connectivity index (χ3n) is 2.56. The van der Waals surface area contributed by atoms with E-state index in [2.05, 4.69) is 19.2 Å². The van der Waals surface area contributed by atoms with Crippen LogP contribution in [0.2, 0.25) is 0 Å². The van der Waals surface area contributed by atoms with E-state index in [4.69, 9.17) is 5.73 Å². The first kappa shape index (κ1) is 14.4. The average molecular weight is 214 g/mol. The highest BCUT2D eigenvalue weighted by molar-refractivity contribution is 5.75. The van der Waals surface area contributed by atoms with Crippen LogP contribution >= 0.6 is 0 Å². The van der Waals surface area contributed by atoms with Crippen molar-refractivity contribution in [3.63, 3.8) is 0 Å². The summed E-state index contributed by atoms with van der Waals surface area (Å²) in [5.74, 6) is 0.742. The molecule has 3 N–H and O–H groups in total. The molecule has 90 valence electrons. The van der Waals surface area contributed by atoms with Crippen LogP contribution in [0.15, 0.2) is 0 Å². The van der Waals surface area contributed by atoms with Crippen LogP contribution in [0.3, 0.4) is 0 Å². The van der Waals surface area contributed by atoms with Crippen molar-refractivity contribution in [1.82, 2.24) is 5.32 Å². The molecule has 0 aromatic rings. The summed E-state index contributed by atoms with van der Waals surface area (Å²) in [7, 11) is 0. The van der Waals surface area contributed by atoms with Crippen LogP contribution in [0, 0.1) is 5.92 Å². The molecule has 0 spiro atoms. The lowest BCUT2D eigenvalue weighted by Gasteiger charge is -2.11. The Bertz CT molecular complexity index is 160. The molecule has 1 atom stereocenters. The molecule has 1 unspecified atom stereocenters. The molecule has 1 amide bonds. The molecule has 0 aromatic heterocycles. The topological polar surface area (TPSA) is 55.1 Å². The van der Waals surface area contributed by atoms with Crippen molar-refractivity contribution >= 4 is 5.91 Å². The van der Waals surface area contributed by atoms with Gasteiger partial charge in [-0.05, 0) is 31.7 Å². The van der Waals surface area contributed by atoms with Crippen molar-refractivity contribution in [2.24, 2.45) is 11.7 Å². The minimum atomic E-state index is 0.197. The van der Waals surface area contributed by atoms with Crippen LogP contribution in [0.1, 0.15) is 52.4 Å². The van der Waals surface area contributed by atoms with Crippen molar-refractivity contribution < 1.29 is 4.79 Å². The normalized spacial score (nSPS) is 12.5. The molecule has 0 aliphatic carbocycles. The third-order valence-corrected chi connectivity index (χ3v) is 2.56. The Hall–Kier alpha value is -0.570. The summed E-state index contributed by atoms with van der Waals surface area (Å²) in [5, 5.41) is 2.97. The summed E-state index contributed by atoms with van der Waals surface area (Å²) in [4.78, 5) is 11.4. The van der Waals surface area contributed by atoms with Crippen molar-refractivity contribution in [3.05, 3.63) is 0 Å². The van der Waals surface area contributed by atoms with Crippen molar-refractivity contribution in [2.75, 3.05) is 13.1 Å². The van der Waals surface area contributed by atoms with E-state index in [1.54, 1.807) is 0 Å². The maximum atomic E-state index is 11.4. The van der Waals surface area contributed by atoms with Gasteiger partial charge in [0.05, 0.1) is 0 Å². The van der Waals surface area contributed by atoms with Crippen LogP contribution in [0.4, 0.5) is 0 Å². The summed E-state index contributed by atoms with van der Waals surface area (Å²) in [5.41, 5.74) is 5.43. The number of hydrogen-bond acceptors (Lipinski definition) is 2. The molecular weight excluding hydrogens is 188 g/mol. The van der Waals surface area contributed by atoms with E-state index in [9.17, 15) is 4.79 Å². The van der Waals surface area contributed by atoms with Gasteiger partial charge in [-0.15, -0.1) is 0 Å². The fourth-order valence-corrected chi connectivity index (χ4v) is 1.48. The predicted octanol–water partition coefficient (Wildman–Crippen LogP) is 2.06. The van der Waals surface area contributed by atoms with E-state index < -0.39 is 0 Å². The number of nitrogens with two attached hydrogens (primary N) is 1. The van der Waals surface area contributed by atoms with E-state index in [0.717, 1.165) is 38.8 Å². The number of carbonyl (C=O) groups excluding carboxylic acids is 1. The Balaban J connectivity index is 3.36. The standard InChI is InChI=1S/C12H26N2O/c1-3-4-5-8-12(15)14-10-11(2)7-6-9-13/h11H,3-10,13H2,1-2H3,(H,14,15). The smallest absolute Gasteiger partial charge is 0.220 e. The van der Waals surface area contributed by atoms with Gasteiger partial charge in [-0.1, -0.05) is 26.7 Å². The first-order chi connectivity index (χ1) is 7.20. The zero-order valence-corrected chi connectivity index (χ0v) is 10.2. The molecule has 0 rings (SSSR count). The van der Waals surface area contributed by atoms with Crippen LogP contribution in [0.25, 0.3) is 0 Å². The minimum Gasteiger partial charge on any atom is -0.356 e. The van der Waals surface area contributed by atoms with Gasteiger partial charge in [0.15, 0.2) is 0 Å². The largest absolute Gasteiger partial charge is 0.356 e. The van der Waals surface area contributed by atoms with Crippen molar-refractivity contribution in [1.29, 1.82) is 0 Å². The van der Waals surface area contributed by atoms with Crippen LogP contribution in [0.5, 0.6) is 0 Å². The van der Waals surface area contributed by atoms with Crippen LogP contribution < -0.4 is 11.1 Å². The van der Waals surface area contributed by atoms with Gasteiger partial charge in [0.2, 0.25) is 5.91 Å². The molecule has 0 aliphatic heterocycles. The molecular formula is C12H26N2O. The van der Waals surface area contributed by atoms with Gasteiger partial charge >= 0.3 is 0 Å². The third kappa shape index (κ3) is 9.73. The number of amides is 1. The maximum absolute atomic E-state index is 11.4. The zero-order valence-electron chi connectivity index (χ0n) is 10.2. The van der Waals surface area contributed by atoms with Gasteiger partial charge in [-0.3, -0.25) is 4.79 Å². The van der Waals surface area contributed by atoms with E-state index in [1.807, 2.05) is 0 Å². The summed E-state index contributed by atoms with van der Waals surface area (Å²) in [6.07, 6.45) is 6.16. The Morgan fingerprint density at radius 2 is 2.07 bits per heavy atom. The quantitative estimate of drug-likeness (QED) is 0.577. The number of rotatable bonds is 9. The Labute approximate surface area is 93.8 Å². The van der Waals surface area contributed by atoms with Gasteiger partial charge in [0.25, 0.3) is 0 Å². The van der Waals surface area contributed by atoms with E-state index in [-0.39, 0.29) is 5.91 Å². The molecule has 0 heterocycles. The number of carbonyl (C=O) groups is 1. The Morgan fingerprint density at radius 1 is 1.33 bits per heavy atom. The lowest BCUT2D eigenvalue weighted by atomic mass is 10.1. The van der Waals surface area contributed by atoms with Gasteiger partial charge in [0.1, 0.15) is 0 Å². The summed E-state index contributed by atoms with van der Waals surface area (Å²) in [6.45, 7) is 5.84. The second-order valence-electron chi connectivity index (χ2n) is 4.30. The van der Waals surface area contributed by atoms with Gasteiger partial charge in [-0.25, -0.2) is 0 Å². The second kappa shape index (κ2) is 9.97. The molecule has 0 saturated heterocycles. The summed E-state index contributed by atoms with van der Waals surface area (Å²) in [6, 6.07) is 0. The molecule has 3 heteroatoms. The predicted molar refractivity (Wildman–Crippen MR) is 64.6 cm³/mol. The highest BCUT2D eigenvalue weighted by atomic mass is 16.1. The molecule has 0 saturated carbocycles. The molecule has 0 bridgehead atoms. The fourth-order valence-electron chi connectivity index (χ4n) is 1.48. The minimum absolute atomic E-state index is 0.197. The number of nitrogens with one attached hydrogen (secondary N) is 1. The van der Waals surface area contributed by atoms with Crippen molar-refractivity contribution in [3.8, 4) is 0 Å². The number of hydrogen-bond donors (Lipinski definition) is 2. The van der Waals surface area contributed by atoms with Crippen LogP contribution in [-0.2, 0) is 4.79 Å². The van der Waals surface area contributed by atoms with E-state index in [1.165, 1.54) is 6.42 Å². The number of unbranched alkanes of at least 4 members (excludes halogenated alkanes) is 2. The second-order valence-corrected chi connectivity index (χ2v) is 4.30. The lowest BCUT2D eigenvalue weighted by Crippen LogP contribution is -2.28. The average Bonchev–Trinajstić information content (AvgIpc) is 2.24. The molecule has 0 aliphatic rings. The highest BCUT2D eigenvalue weighted by Crippen LogP contribution is 2.03. The molecule has 3 nitrogen and oxygen atoms in total. The maximum Gasteiger partial charge on any atom is 0.220 e. The van der Waals surface area contributed by atoms with Gasteiger partial charge in [-0.2, -0.15) is 0 Å². The highest BCUT2D eigenvalue weighted by Gasteiger charge is 2.04. The first-order valence-corrected chi connectivity index (χ1v) is 6.17. The summed E-state index contributed by atoms with van der Waals surface area (Å²) < 4.78 is 0. The molecule has 0 aromatic carbocycles. The molecule has 0 radical (unpaired) electrons. The van der Waals surface area contributed by atoms with Crippen LogP contribution in [-0.4, -0.2) is 19.0 Å². The monoisotopic (exact) mass is 214 g/mol. The fraction of sp³-hybridized carbons (Fsp3) is 0.917. The Morgan fingerprint density at radius 3 is 2.67 bits per heavy atom. The Kier molecular flexibility index (Phi) is 9.59. The first-order valence-electron chi connectivity index (χ1n) is 6.17. The van der Waals surface area contributed by atoms with Gasteiger partial charge in [0, 0.05) is 13.0 Å². The molecule has 0 fully saturated rings. The lowest BCUT2D eigenvalue weighted by molar-refractivity contribution is -0.121. The van der Waals surface area contributed by atoms with E-state index in [0.29, 0.717) is 12.3 Å². The van der Waals surface area contributed by atoms with Gasteiger partial charge < -0.3 is 11.1 Å². The SMILES string of the molecule is CCCCCC(=O)NCC(C)CCCN. The van der Waals surface area contributed by atoms with Crippen molar-refractivity contribution in [2.45, 2.75) is 52.4 Å².